The van der Waals surface area contributed by atoms with Gasteiger partial charge in [-0.25, -0.2) is 4.98 Å². The van der Waals surface area contributed by atoms with Gasteiger partial charge in [0, 0.05) is 18.0 Å². The molecular weight excluding hydrogens is 334 g/mol. The molecule has 5 nitrogen and oxygen atoms in total. The van der Waals surface area contributed by atoms with Crippen LogP contribution in [-0.4, -0.2) is 28.9 Å². The molecular formula is C19H21N3O2S. The molecule has 3 rings (SSSR count). The van der Waals surface area contributed by atoms with E-state index >= 15 is 0 Å². The monoisotopic (exact) mass is 355 g/mol. The molecule has 0 atom stereocenters. The van der Waals surface area contributed by atoms with Crippen LogP contribution in [0.25, 0.3) is 10.8 Å². The average molecular weight is 355 g/mol. The molecule has 3 aromatic rings. The maximum atomic E-state index is 13.1. The number of hydrogen-bond donors (Lipinski definition) is 1. The predicted molar refractivity (Wildman–Crippen MR) is 99.4 cm³/mol. The first kappa shape index (κ1) is 17.4. The van der Waals surface area contributed by atoms with E-state index in [2.05, 4.69) is 4.98 Å². The molecule has 0 aliphatic heterocycles. The van der Waals surface area contributed by atoms with Crippen molar-refractivity contribution >= 4 is 17.2 Å². The first-order valence-corrected chi connectivity index (χ1v) is 9.05. The van der Waals surface area contributed by atoms with Crippen LogP contribution < -0.4 is 5.73 Å². The maximum Gasteiger partial charge on any atom is 0.273 e. The van der Waals surface area contributed by atoms with E-state index in [4.69, 9.17) is 10.2 Å². The topological polar surface area (TPSA) is 72.4 Å². The van der Waals surface area contributed by atoms with E-state index in [9.17, 15) is 4.79 Å². The number of aryl methyl sites for hydroxylation is 1. The van der Waals surface area contributed by atoms with Crippen molar-refractivity contribution in [2.24, 2.45) is 5.73 Å². The van der Waals surface area contributed by atoms with Gasteiger partial charge in [-0.15, -0.1) is 11.3 Å². The molecule has 2 heterocycles. The lowest BCUT2D eigenvalue weighted by Gasteiger charge is -2.22. The molecule has 0 radical (unpaired) electrons. The van der Waals surface area contributed by atoms with Crippen molar-refractivity contribution in [1.82, 2.24) is 9.88 Å². The highest BCUT2D eigenvalue weighted by atomic mass is 32.1. The summed E-state index contributed by atoms with van der Waals surface area (Å²) in [6.07, 6.45) is 2.36. The van der Waals surface area contributed by atoms with E-state index in [0.717, 1.165) is 21.9 Å². The minimum Gasteiger partial charge on any atom is -0.462 e. The number of aromatic nitrogens is 1. The molecule has 2 N–H and O–H groups in total. The standard InChI is InChI=1S/C19H21N3O2S/c1-14-17(21-18(25-14)16-9-5-12-24-16)19(23)22(11-6-10-20)13-15-7-3-2-4-8-15/h2-5,7-9,12H,6,10-11,13,20H2,1H3. The van der Waals surface area contributed by atoms with Gasteiger partial charge in [0.2, 0.25) is 0 Å². The summed E-state index contributed by atoms with van der Waals surface area (Å²) in [7, 11) is 0. The molecule has 1 aromatic carbocycles. The Labute approximate surface area is 151 Å². The van der Waals surface area contributed by atoms with Crippen molar-refractivity contribution in [3.05, 3.63) is 64.9 Å². The Morgan fingerprint density at radius 3 is 2.72 bits per heavy atom. The summed E-state index contributed by atoms with van der Waals surface area (Å²) in [4.78, 5) is 20.3. The van der Waals surface area contributed by atoms with Crippen LogP contribution >= 0.6 is 11.3 Å². The zero-order chi connectivity index (χ0) is 17.6. The number of nitrogens with zero attached hydrogens (tertiary/aromatic N) is 2. The second kappa shape index (κ2) is 8.09. The lowest BCUT2D eigenvalue weighted by atomic mass is 10.2. The van der Waals surface area contributed by atoms with Gasteiger partial charge in [-0.3, -0.25) is 4.79 Å². The third kappa shape index (κ3) is 4.15. The largest absolute Gasteiger partial charge is 0.462 e. The molecule has 2 aromatic heterocycles. The fourth-order valence-corrected chi connectivity index (χ4v) is 3.46. The Morgan fingerprint density at radius 2 is 2.04 bits per heavy atom. The van der Waals surface area contributed by atoms with Crippen LogP contribution in [0.4, 0.5) is 0 Å². The lowest BCUT2D eigenvalue weighted by Crippen LogP contribution is -2.33. The Bertz CT molecular complexity index is 813. The van der Waals surface area contributed by atoms with E-state index in [1.807, 2.05) is 54.3 Å². The van der Waals surface area contributed by atoms with Crippen molar-refractivity contribution in [3.63, 3.8) is 0 Å². The van der Waals surface area contributed by atoms with Crippen molar-refractivity contribution in [2.45, 2.75) is 19.9 Å². The number of benzene rings is 1. The Balaban J connectivity index is 1.84. The molecule has 0 aliphatic rings. The lowest BCUT2D eigenvalue weighted by molar-refractivity contribution is 0.0736. The first-order chi connectivity index (χ1) is 12.2. The van der Waals surface area contributed by atoms with Gasteiger partial charge in [0.25, 0.3) is 5.91 Å². The molecule has 0 spiro atoms. The maximum absolute atomic E-state index is 13.1. The number of furan rings is 1. The summed E-state index contributed by atoms with van der Waals surface area (Å²) in [5.74, 6) is 0.618. The van der Waals surface area contributed by atoms with E-state index in [0.29, 0.717) is 31.1 Å². The number of thiazole rings is 1. The smallest absolute Gasteiger partial charge is 0.273 e. The molecule has 0 fully saturated rings. The van der Waals surface area contributed by atoms with Gasteiger partial charge < -0.3 is 15.1 Å². The molecule has 0 unspecified atom stereocenters. The molecule has 0 saturated carbocycles. The summed E-state index contributed by atoms with van der Waals surface area (Å²) in [5.41, 5.74) is 7.22. The second-order valence-corrected chi connectivity index (χ2v) is 6.96. The minimum atomic E-state index is -0.0659. The van der Waals surface area contributed by atoms with Crippen molar-refractivity contribution < 1.29 is 9.21 Å². The minimum absolute atomic E-state index is 0.0659. The van der Waals surface area contributed by atoms with Gasteiger partial charge in [-0.05, 0) is 37.6 Å². The number of carbonyl (C=O) groups excluding carboxylic acids is 1. The number of rotatable bonds is 7. The quantitative estimate of drug-likeness (QED) is 0.701. The number of carbonyl (C=O) groups is 1. The molecule has 1 amide bonds. The van der Waals surface area contributed by atoms with E-state index in [1.54, 1.807) is 6.26 Å². The van der Waals surface area contributed by atoms with Gasteiger partial charge in [0.1, 0.15) is 5.69 Å². The van der Waals surface area contributed by atoms with Crippen LogP contribution in [0, 0.1) is 6.92 Å². The van der Waals surface area contributed by atoms with Crippen LogP contribution in [0.15, 0.2) is 53.1 Å². The fourth-order valence-electron chi connectivity index (χ4n) is 2.59. The van der Waals surface area contributed by atoms with Crippen LogP contribution in [0.2, 0.25) is 0 Å². The van der Waals surface area contributed by atoms with Gasteiger partial charge in [0.15, 0.2) is 10.8 Å². The summed E-state index contributed by atoms with van der Waals surface area (Å²) >= 11 is 1.47. The summed E-state index contributed by atoms with van der Waals surface area (Å²) in [6, 6.07) is 13.6. The predicted octanol–water partition coefficient (Wildman–Crippen LogP) is 3.70. The Hall–Kier alpha value is -2.44. The van der Waals surface area contributed by atoms with Gasteiger partial charge in [0.05, 0.1) is 6.26 Å². The number of amides is 1. The van der Waals surface area contributed by atoms with Crippen molar-refractivity contribution in [3.8, 4) is 10.8 Å². The third-order valence-electron chi connectivity index (χ3n) is 3.87. The van der Waals surface area contributed by atoms with Gasteiger partial charge >= 0.3 is 0 Å². The van der Waals surface area contributed by atoms with Crippen molar-refractivity contribution in [1.29, 1.82) is 0 Å². The van der Waals surface area contributed by atoms with Gasteiger partial charge in [-0.2, -0.15) is 0 Å². The zero-order valence-electron chi connectivity index (χ0n) is 14.1. The van der Waals surface area contributed by atoms with E-state index in [1.165, 1.54) is 11.3 Å². The molecule has 6 heteroatoms. The number of hydrogen-bond acceptors (Lipinski definition) is 5. The molecule has 25 heavy (non-hydrogen) atoms. The fraction of sp³-hybridized carbons (Fsp3) is 0.263. The van der Waals surface area contributed by atoms with E-state index < -0.39 is 0 Å². The average Bonchev–Trinajstić information content (AvgIpc) is 3.28. The molecule has 0 aliphatic carbocycles. The Kier molecular flexibility index (Phi) is 5.63. The normalized spacial score (nSPS) is 10.8. The molecule has 0 saturated heterocycles. The van der Waals surface area contributed by atoms with Crippen LogP contribution in [0.5, 0.6) is 0 Å². The highest BCUT2D eigenvalue weighted by molar-refractivity contribution is 7.15. The van der Waals surface area contributed by atoms with Crippen LogP contribution in [0.1, 0.15) is 27.3 Å². The van der Waals surface area contributed by atoms with E-state index in [-0.39, 0.29) is 5.91 Å². The SMILES string of the molecule is Cc1sc(-c2ccco2)nc1C(=O)N(CCCN)Cc1ccccc1. The summed E-state index contributed by atoms with van der Waals surface area (Å²) in [5, 5.41) is 0.726. The van der Waals surface area contributed by atoms with Crippen LogP contribution in [-0.2, 0) is 6.54 Å². The summed E-state index contributed by atoms with van der Waals surface area (Å²) in [6.45, 7) is 3.62. The number of nitrogens with two attached hydrogens (primary N) is 1. The molecule has 130 valence electrons. The zero-order valence-corrected chi connectivity index (χ0v) is 15.0. The highest BCUT2D eigenvalue weighted by Gasteiger charge is 2.22. The van der Waals surface area contributed by atoms with Crippen LogP contribution in [0.3, 0.4) is 0 Å². The Morgan fingerprint density at radius 1 is 1.24 bits per heavy atom. The third-order valence-corrected chi connectivity index (χ3v) is 4.85. The first-order valence-electron chi connectivity index (χ1n) is 8.23. The summed E-state index contributed by atoms with van der Waals surface area (Å²) < 4.78 is 5.40. The van der Waals surface area contributed by atoms with Gasteiger partial charge in [-0.1, -0.05) is 30.3 Å². The molecule has 0 bridgehead atoms. The second-order valence-electron chi connectivity index (χ2n) is 5.76. The highest BCUT2D eigenvalue weighted by Crippen LogP contribution is 2.28. The van der Waals surface area contributed by atoms with Crippen molar-refractivity contribution in [2.75, 3.05) is 13.1 Å².